The lowest BCUT2D eigenvalue weighted by Crippen LogP contribution is -2.42. The van der Waals surface area contributed by atoms with Crippen molar-refractivity contribution in [3.63, 3.8) is 0 Å². The van der Waals surface area contributed by atoms with Crippen molar-refractivity contribution in [3.8, 4) is 0 Å². The van der Waals surface area contributed by atoms with Crippen LogP contribution in [0.2, 0.25) is 0 Å². The van der Waals surface area contributed by atoms with Crippen LogP contribution in [-0.4, -0.2) is 34.2 Å². The standard InChI is InChI=1S/C20H21FN2O2S.ClH/c21-17-4-2-1-3-16(17)19(20(24)13-5-6-13)23-10-8-18(26)14(12-23)11-15-7-9-22-25-15;/h1-4,7,9,11,13,18-19,26H,5-6,8,10,12H2;1H. The molecule has 0 amide bonds. The summed E-state index contributed by atoms with van der Waals surface area (Å²) in [6.07, 6.45) is 6.14. The van der Waals surface area contributed by atoms with Gasteiger partial charge in [0.05, 0.1) is 12.2 Å². The van der Waals surface area contributed by atoms with Crippen molar-refractivity contribution in [2.45, 2.75) is 30.6 Å². The Hall–Kier alpha value is -1.63. The maximum Gasteiger partial charge on any atom is 0.159 e. The van der Waals surface area contributed by atoms with Crippen LogP contribution >= 0.6 is 25.0 Å². The molecule has 0 bridgehead atoms. The molecule has 1 aromatic heterocycles. The van der Waals surface area contributed by atoms with E-state index in [9.17, 15) is 9.18 Å². The molecule has 0 N–H and O–H groups in total. The minimum atomic E-state index is -0.539. The third-order valence-corrected chi connectivity index (χ3v) is 5.69. The van der Waals surface area contributed by atoms with E-state index in [1.807, 2.05) is 6.08 Å². The van der Waals surface area contributed by atoms with Gasteiger partial charge in [-0.25, -0.2) is 4.39 Å². The zero-order valence-electron chi connectivity index (χ0n) is 14.8. The molecule has 2 fully saturated rings. The van der Waals surface area contributed by atoms with Crippen LogP contribution in [0.5, 0.6) is 0 Å². The van der Waals surface area contributed by atoms with Crippen LogP contribution in [0.3, 0.4) is 0 Å². The summed E-state index contributed by atoms with van der Waals surface area (Å²) < 4.78 is 19.7. The highest BCUT2D eigenvalue weighted by atomic mass is 35.5. The monoisotopic (exact) mass is 408 g/mol. The molecule has 1 aliphatic heterocycles. The molecular weight excluding hydrogens is 387 g/mol. The Bertz CT molecular complexity index is 823. The molecule has 2 aliphatic rings. The molecule has 1 saturated carbocycles. The summed E-state index contributed by atoms with van der Waals surface area (Å²) in [4.78, 5) is 15.1. The van der Waals surface area contributed by atoms with Gasteiger partial charge in [-0.2, -0.15) is 12.6 Å². The molecule has 7 heteroatoms. The number of rotatable bonds is 5. The average molecular weight is 409 g/mol. The zero-order chi connectivity index (χ0) is 18.1. The lowest BCUT2D eigenvalue weighted by atomic mass is 9.93. The normalized spacial score (nSPS) is 23.0. The number of benzene rings is 1. The molecule has 2 heterocycles. The van der Waals surface area contributed by atoms with E-state index in [0.717, 1.165) is 24.8 Å². The maximum atomic E-state index is 14.5. The van der Waals surface area contributed by atoms with Gasteiger partial charge >= 0.3 is 0 Å². The van der Waals surface area contributed by atoms with Crippen molar-refractivity contribution in [1.29, 1.82) is 0 Å². The molecule has 1 aliphatic carbocycles. The second kappa shape index (κ2) is 8.59. The molecule has 4 nitrogen and oxygen atoms in total. The van der Waals surface area contributed by atoms with Gasteiger partial charge in [0.25, 0.3) is 0 Å². The van der Waals surface area contributed by atoms with Gasteiger partial charge in [-0.15, -0.1) is 12.4 Å². The first-order valence-electron chi connectivity index (χ1n) is 8.95. The molecule has 2 atom stereocenters. The number of piperidine rings is 1. The average Bonchev–Trinajstić information content (AvgIpc) is 3.37. The van der Waals surface area contributed by atoms with Gasteiger partial charge in [0.1, 0.15) is 5.82 Å². The third-order valence-electron chi connectivity index (χ3n) is 5.10. The molecule has 1 aromatic carbocycles. The van der Waals surface area contributed by atoms with Crippen molar-refractivity contribution in [2.75, 3.05) is 13.1 Å². The summed E-state index contributed by atoms with van der Waals surface area (Å²) in [6.45, 7) is 1.27. The Morgan fingerprint density at radius 2 is 2.07 bits per heavy atom. The van der Waals surface area contributed by atoms with Crippen LogP contribution in [-0.2, 0) is 4.79 Å². The fraction of sp³-hybridized carbons (Fsp3) is 0.400. The van der Waals surface area contributed by atoms with Gasteiger partial charge in [-0.3, -0.25) is 9.69 Å². The number of hydrogen-bond acceptors (Lipinski definition) is 5. The molecule has 144 valence electrons. The van der Waals surface area contributed by atoms with Gasteiger partial charge in [-0.05, 0) is 37.0 Å². The largest absolute Gasteiger partial charge is 0.357 e. The molecule has 27 heavy (non-hydrogen) atoms. The minimum absolute atomic E-state index is 0. The summed E-state index contributed by atoms with van der Waals surface area (Å²) in [6, 6.07) is 7.86. The summed E-state index contributed by atoms with van der Waals surface area (Å²) in [5.41, 5.74) is 1.53. The lowest BCUT2D eigenvalue weighted by Gasteiger charge is -2.37. The highest BCUT2D eigenvalue weighted by Crippen LogP contribution is 2.39. The first-order valence-corrected chi connectivity index (χ1v) is 9.46. The fourth-order valence-electron chi connectivity index (χ4n) is 3.56. The number of likely N-dealkylation sites (tertiary alicyclic amines) is 1. The Kier molecular flexibility index (Phi) is 6.40. The Morgan fingerprint density at radius 1 is 1.30 bits per heavy atom. The van der Waals surface area contributed by atoms with Crippen LogP contribution < -0.4 is 0 Å². The van der Waals surface area contributed by atoms with E-state index < -0.39 is 6.04 Å². The smallest absolute Gasteiger partial charge is 0.159 e. The molecule has 0 radical (unpaired) electrons. The number of carbonyl (C=O) groups is 1. The van der Waals surface area contributed by atoms with Gasteiger partial charge in [0.15, 0.2) is 11.5 Å². The number of Topliss-reactive ketones (excluding diaryl/α,β-unsaturated/α-hetero) is 1. The van der Waals surface area contributed by atoms with E-state index in [0.29, 0.717) is 24.4 Å². The molecule has 2 aromatic rings. The molecule has 2 unspecified atom stereocenters. The second-order valence-corrected chi connectivity index (χ2v) is 7.63. The highest BCUT2D eigenvalue weighted by Gasteiger charge is 2.40. The quantitative estimate of drug-likeness (QED) is 0.747. The predicted molar refractivity (Wildman–Crippen MR) is 108 cm³/mol. The van der Waals surface area contributed by atoms with Crippen LogP contribution in [0.15, 0.2) is 46.6 Å². The van der Waals surface area contributed by atoms with Crippen molar-refractivity contribution < 1.29 is 13.7 Å². The maximum absolute atomic E-state index is 14.5. The summed E-state index contributed by atoms with van der Waals surface area (Å²) in [5.74, 6) is 0.541. The summed E-state index contributed by atoms with van der Waals surface area (Å²) in [5, 5.41) is 3.82. The van der Waals surface area contributed by atoms with E-state index in [4.69, 9.17) is 4.52 Å². The molecule has 1 saturated heterocycles. The van der Waals surface area contributed by atoms with Crippen molar-refractivity contribution in [2.24, 2.45) is 5.92 Å². The minimum Gasteiger partial charge on any atom is -0.357 e. The lowest BCUT2D eigenvalue weighted by molar-refractivity contribution is -0.126. The summed E-state index contributed by atoms with van der Waals surface area (Å²) in [7, 11) is 0. The topological polar surface area (TPSA) is 46.3 Å². The fourth-order valence-corrected chi connectivity index (χ4v) is 3.83. The van der Waals surface area contributed by atoms with Crippen LogP contribution in [0.4, 0.5) is 4.39 Å². The van der Waals surface area contributed by atoms with E-state index in [-0.39, 0.29) is 35.2 Å². The number of aromatic nitrogens is 1. The molecule has 0 spiro atoms. The van der Waals surface area contributed by atoms with Crippen LogP contribution in [0.25, 0.3) is 6.08 Å². The van der Waals surface area contributed by atoms with E-state index in [2.05, 4.69) is 22.7 Å². The van der Waals surface area contributed by atoms with Gasteiger partial charge < -0.3 is 4.52 Å². The number of hydrogen-bond donors (Lipinski definition) is 1. The highest BCUT2D eigenvalue weighted by molar-refractivity contribution is 7.81. The third kappa shape index (κ3) is 4.45. The van der Waals surface area contributed by atoms with Crippen molar-refractivity contribution >= 4 is 36.9 Å². The predicted octanol–water partition coefficient (Wildman–Crippen LogP) is 4.34. The van der Waals surface area contributed by atoms with Gasteiger partial charge in [0.2, 0.25) is 0 Å². The van der Waals surface area contributed by atoms with Crippen LogP contribution in [0, 0.1) is 11.7 Å². The second-order valence-electron chi connectivity index (χ2n) is 7.01. The van der Waals surface area contributed by atoms with Crippen LogP contribution in [0.1, 0.15) is 36.6 Å². The number of ketones is 1. The Balaban J connectivity index is 0.00000210. The number of halogens is 2. The first kappa shape index (κ1) is 20.1. The van der Waals surface area contributed by atoms with Gasteiger partial charge in [-0.1, -0.05) is 23.4 Å². The number of nitrogens with zero attached hydrogens (tertiary/aromatic N) is 2. The Labute approximate surface area is 169 Å². The molecule has 4 rings (SSSR count). The van der Waals surface area contributed by atoms with Crippen molar-refractivity contribution in [1.82, 2.24) is 10.1 Å². The van der Waals surface area contributed by atoms with E-state index in [1.54, 1.807) is 30.5 Å². The number of carbonyl (C=O) groups excluding carboxylic acids is 1. The zero-order valence-corrected chi connectivity index (χ0v) is 16.5. The number of thiol groups is 1. The van der Waals surface area contributed by atoms with Gasteiger partial charge in [0, 0.05) is 35.9 Å². The molecular formula is C20H22ClFN2O2S. The SMILES string of the molecule is Cl.O=C(C1CC1)C(c1ccccc1F)N1CCC(S)C(=Cc2ccno2)C1. The van der Waals surface area contributed by atoms with E-state index in [1.165, 1.54) is 6.07 Å². The first-order chi connectivity index (χ1) is 12.6. The summed E-state index contributed by atoms with van der Waals surface area (Å²) >= 11 is 4.67. The Morgan fingerprint density at radius 3 is 2.74 bits per heavy atom. The van der Waals surface area contributed by atoms with E-state index >= 15 is 0 Å². The van der Waals surface area contributed by atoms with Crippen molar-refractivity contribution in [3.05, 3.63) is 59.2 Å².